The Kier molecular flexibility index (Phi) is 5.84. The van der Waals surface area contributed by atoms with Crippen LogP contribution < -0.4 is 15.0 Å². The van der Waals surface area contributed by atoms with Crippen molar-refractivity contribution in [1.29, 1.82) is 0 Å². The number of carbonyl (C=O) groups is 1. The lowest BCUT2D eigenvalue weighted by atomic mass is 9.97. The molecule has 1 atom stereocenters. The zero-order chi connectivity index (χ0) is 18.7. The van der Waals surface area contributed by atoms with Gasteiger partial charge in [-0.3, -0.25) is 4.79 Å². The van der Waals surface area contributed by atoms with Crippen LogP contribution in [-0.4, -0.2) is 36.1 Å². The second-order valence-corrected chi connectivity index (χ2v) is 7.01. The molecule has 0 spiro atoms. The van der Waals surface area contributed by atoms with Crippen LogP contribution in [0, 0.1) is 12.8 Å². The third kappa shape index (κ3) is 4.19. The molecule has 0 unspecified atom stereocenters. The molecule has 1 aromatic carbocycles. The fourth-order valence-corrected chi connectivity index (χ4v) is 3.33. The molecule has 1 fully saturated rings. The average molecular weight is 395 g/mol. The predicted molar refractivity (Wildman–Crippen MR) is 103 cm³/mol. The molecule has 0 radical (unpaired) electrons. The van der Waals surface area contributed by atoms with Crippen LogP contribution in [-0.2, 0) is 4.79 Å². The van der Waals surface area contributed by atoms with Crippen LogP contribution in [0.25, 0.3) is 0 Å². The Balaban J connectivity index is 1.73. The molecule has 1 aliphatic rings. The van der Waals surface area contributed by atoms with Gasteiger partial charge >= 0.3 is 0 Å². The second-order valence-electron chi connectivity index (χ2n) is 6.23. The largest absolute Gasteiger partial charge is 0.481 e. The number of halogens is 2. The van der Waals surface area contributed by atoms with E-state index in [9.17, 15) is 4.79 Å². The Morgan fingerprint density at radius 1 is 1.35 bits per heavy atom. The quantitative estimate of drug-likeness (QED) is 0.849. The number of nitrogens with one attached hydrogen (secondary N) is 1. The maximum atomic E-state index is 12.7. The summed E-state index contributed by atoms with van der Waals surface area (Å²) in [6, 6.07) is 6.95. The molecule has 3 rings (SSSR count). The van der Waals surface area contributed by atoms with Gasteiger partial charge in [0.05, 0.1) is 28.8 Å². The summed E-state index contributed by atoms with van der Waals surface area (Å²) in [6.07, 6.45) is 1.67. The molecule has 138 valence electrons. The number of rotatable bonds is 4. The number of hydrogen-bond acceptors (Lipinski definition) is 5. The van der Waals surface area contributed by atoms with Crippen molar-refractivity contribution in [3.8, 4) is 5.88 Å². The number of ether oxygens (including phenoxy) is 1. The number of benzene rings is 1. The third-order valence-corrected chi connectivity index (χ3v) is 5.13. The number of amides is 1. The highest BCUT2D eigenvalue weighted by Crippen LogP contribution is 2.30. The molecule has 2 heterocycles. The van der Waals surface area contributed by atoms with E-state index in [-0.39, 0.29) is 11.8 Å². The van der Waals surface area contributed by atoms with Crippen molar-refractivity contribution < 1.29 is 9.53 Å². The van der Waals surface area contributed by atoms with Crippen LogP contribution in [0.3, 0.4) is 0 Å². The number of methoxy groups -OCH3 is 1. The molecule has 2 aromatic rings. The summed E-state index contributed by atoms with van der Waals surface area (Å²) >= 11 is 12.2. The average Bonchev–Trinajstić information content (AvgIpc) is 2.65. The van der Waals surface area contributed by atoms with Gasteiger partial charge in [-0.25, -0.2) is 4.98 Å². The van der Waals surface area contributed by atoms with Gasteiger partial charge in [0, 0.05) is 24.8 Å². The van der Waals surface area contributed by atoms with E-state index in [4.69, 9.17) is 27.9 Å². The number of aryl methyl sites for hydroxylation is 1. The number of piperidine rings is 1. The zero-order valence-electron chi connectivity index (χ0n) is 14.6. The first-order valence-electron chi connectivity index (χ1n) is 8.37. The standard InChI is InChI=1S/C18H20Cl2N4O2/c1-11-9-15(26-2)23-18(21-11)24-8-4-5-12(10-24)17(25)22-14-7-3-6-13(19)16(14)20/h3,6-7,9,12H,4-5,8,10H2,1-2H3,(H,22,25)/t12-/m0/s1. The molecule has 1 N–H and O–H groups in total. The number of carbonyl (C=O) groups excluding carboxylic acids is 1. The minimum absolute atomic E-state index is 0.0847. The van der Waals surface area contributed by atoms with Gasteiger partial charge in [0.1, 0.15) is 0 Å². The highest BCUT2D eigenvalue weighted by atomic mass is 35.5. The molecule has 8 heteroatoms. The fourth-order valence-electron chi connectivity index (χ4n) is 2.98. The summed E-state index contributed by atoms with van der Waals surface area (Å²) < 4.78 is 5.22. The predicted octanol–water partition coefficient (Wildman–Crippen LogP) is 3.96. The monoisotopic (exact) mass is 394 g/mol. The SMILES string of the molecule is COc1cc(C)nc(N2CCC[C@H](C(=O)Nc3cccc(Cl)c3Cl)C2)n1. The highest BCUT2D eigenvalue weighted by molar-refractivity contribution is 6.44. The first kappa shape index (κ1) is 18.7. The van der Waals surface area contributed by atoms with E-state index < -0.39 is 0 Å². The van der Waals surface area contributed by atoms with E-state index in [1.807, 2.05) is 11.8 Å². The van der Waals surface area contributed by atoms with Gasteiger partial charge < -0.3 is 15.0 Å². The number of anilines is 2. The molecule has 1 aromatic heterocycles. The van der Waals surface area contributed by atoms with Crippen LogP contribution >= 0.6 is 23.2 Å². The Hall–Kier alpha value is -2.05. The molecule has 1 saturated heterocycles. The van der Waals surface area contributed by atoms with Crippen molar-refractivity contribution in [2.75, 3.05) is 30.4 Å². The topological polar surface area (TPSA) is 67.3 Å². The molecular weight excluding hydrogens is 375 g/mol. The van der Waals surface area contributed by atoms with E-state index in [0.29, 0.717) is 34.1 Å². The molecule has 1 aliphatic heterocycles. The third-order valence-electron chi connectivity index (χ3n) is 4.31. The van der Waals surface area contributed by atoms with Crippen molar-refractivity contribution in [1.82, 2.24) is 9.97 Å². The van der Waals surface area contributed by atoms with Gasteiger partial charge in [0.15, 0.2) is 0 Å². The van der Waals surface area contributed by atoms with Gasteiger partial charge in [-0.2, -0.15) is 4.98 Å². The first-order valence-corrected chi connectivity index (χ1v) is 9.13. The van der Waals surface area contributed by atoms with E-state index in [1.54, 1.807) is 31.4 Å². The van der Waals surface area contributed by atoms with Crippen LogP contribution in [0.5, 0.6) is 5.88 Å². The van der Waals surface area contributed by atoms with E-state index in [2.05, 4.69) is 15.3 Å². The van der Waals surface area contributed by atoms with Gasteiger partial charge in [-0.05, 0) is 31.9 Å². The zero-order valence-corrected chi connectivity index (χ0v) is 16.1. The van der Waals surface area contributed by atoms with Crippen molar-refractivity contribution in [2.24, 2.45) is 5.92 Å². The normalized spacial score (nSPS) is 17.1. The van der Waals surface area contributed by atoms with Crippen LogP contribution in [0.2, 0.25) is 10.0 Å². The summed E-state index contributed by atoms with van der Waals surface area (Å²) in [5.74, 6) is 0.831. The van der Waals surface area contributed by atoms with Crippen molar-refractivity contribution in [2.45, 2.75) is 19.8 Å². The van der Waals surface area contributed by atoms with Gasteiger partial charge in [-0.15, -0.1) is 0 Å². The second kappa shape index (κ2) is 8.10. The van der Waals surface area contributed by atoms with Gasteiger partial charge in [0.2, 0.25) is 17.7 Å². The fraction of sp³-hybridized carbons (Fsp3) is 0.389. The van der Waals surface area contributed by atoms with E-state index >= 15 is 0 Å². The Morgan fingerprint density at radius 3 is 2.92 bits per heavy atom. The summed E-state index contributed by atoms with van der Waals surface area (Å²) in [5.41, 5.74) is 1.35. The Morgan fingerprint density at radius 2 is 2.15 bits per heavy atom. The highest BCUT2D eigenvalue weighted by Gasteiger charge is 2.28. The van der Waals surface area contributed by atoms with Crippen molar-refractivity contribution >= 4 is 40.7 Å². The lowest BCUT2D eigenvalue weighted by molar-refractivity contribution is -0.120. The van der Waals surface area contributed by atoms with Crippen LogP contribution in [0.15, 0.2) is 24.3 Å². The maximum absolute atomic E-state index is 12.7. The summed E-state index contributed by atoms with van der Waals surface area (Å²) in [4.78, 5) is 23.6. The van der Waals surface area contributed by atoms with Crippen molar-refractivity contribution in [3.05, 3.63) is 40.0 Å². The minimum atomic E-state index is -0.186. The molecule has 0 saturated carbocycles. The summed E-state index contributed by atoms with van der Waals surface area (Å²) in [6.45, 7) is 3.23. The number of aromatic nitrogens is 2. The first-order chi connectivity index (χ1) is 12.5. The molecule has 1 amide bonds. The summed E-state index contributed by atoms with van der Waals surface area (Å²) in [7, 11) is 1.58. The van der Waals surface area contributed by atoms with Crippen LogP contribution in [0.4, 0.5) is 11.6 Å². The molecule has 0 bridgehead atoms. The Bertz CT molecular complexity index is 816. The molecule has 26 heavy (non-hydrogen) atoms. The lowest BCUT2D eigenvalue weighted by Gasteiger charge is -2.32. The van der Waals surface area contributed by atoms with Crippen molar-refractivity contribution in [3.63, 3.8) is 0 Å². The van der Waals surface area contributed by atoms with Crippen LogP contribution in [0.1, 0.15) is 18.5 Å². The van der Waals surface area contributed by atoms with Gasteiger partial charge in [0.25, 0.3) is 0 Å². The molecule has 0 aliphatic carbocycles. The minimum Gasteiger partial charge on any atom is -0.481 e. The van der Waals surface area contributed by atoms with E-state index in [1.165, 1.54) is 0 Å². The molecular formula is C18H20Cl2N4O2. The Labute approximate surface area is 162 Å². The lowest BCUT2D eigenvalue weighted by Crippen LogP contribution is -2.41. The smallest absolute Gasteiger partial charge is 0.229 e. The molecule has 6 nitrogen and oxygen atoms in total. The number of hydrogen-bond donors (Lipinski definition) is 1. The number of nitrogens with zero attached hydrogens (tertiary/aromatic N) is 3. The van der Waals surface area contributed by atoms with Gasteiger partial charge in [-0.1, -0.05) is 29.3 Å². The van der Waals surface area contributed by atoms with E-state index in [0.717, 1.165) is 25.1 Å². The maximum Gasteiger partial charge on any atom is 0.229 e. The summed E-state index contributed by atoms with van der Waals surface area (Å²) in [5, 5.41) is 3.64.